The monoisotopic (exact) mass is 262 g/mol. The van der Waals surface area contributed by atoms with Crippen LogP contribution >= 0.6 is 0 Å². The third kappa shape index (κ3) is 3.69. The summed E-state index contributed by atoms with van der Waals surface area (Å²) in [4.78, 5) is 18.3. The number of esters is 1. The standard InChI is InChI=1S/C15H22N2O2/c1-4-19-15(18)13-7-8-14(16-9-13)17(11(2)3)10-12-5-6-12/h7-9,11-12H,4-6,10H2,1-3H3. The van der Waals surface area contributed by atoms with Crippen LogP contribution in [0.5, 0.6) is 0 Å². The number of hydrogen-bond donors (Lipinski definition) is 0. The fraction of sp³-hybridized carbons (Fsp3) is 0.600. The van der Waals surface area contributed by atoms with Crippen LogP contribution in [0.25, 0.3) is 0 Å². The Morgan fingerprint density at radius 1 is 1.47 bits per heavy atom. The number of rotatable bonds is 6. The second-order valence-electron chi connectivity index (χ2n) is 5.32. The number of nitrogens with zero attached hydrogens (tertiary/aromatic N) is 2. The van der Waals surface area contributed by atoms with E-state index in [1.165, 1.54) is 12.8 Å². The lowest BCUT2D eigenvalue weighted by molar-refractivity contribution is 0.0526. The van der Waals surface area contributed by atoms with Crippen molar-refractivity contribution in [3.63, 3.8) is 0 Å². The molecule has 2 rings (SSSR count). The number of ether oxygens (including phenoxy) is 1. The number of carbonyl (C=O) groups is 1. The minimum atomic E-state index is -0.306. The van der Waals surface area contributed by atoms with E-state index in [2.05, 4.69) is 23.7 Å². The number of carbonyl (C=O) groups excluding carboxylic acids is 1. The molecule has 0 bridgehead atoms. The SMILES string of the molecule is CCOC(=O)c1ccc(N(CC2CC2)C(C)C)nc1. The van der Waals surface area contributed by atoms with Crippen LogP contribution in [0.4, 0.5) is 5.82 Å². The van der Waals surface area contributed by atoms with E-state index in [0.29, 0.717) is 18.2 Å². The normalized spacial score (nSPS) is 14.5. The summed E-state index contributed by atoms with van der Waals surface area (Å²) in [6.45, 7) is 7.59. The van der Waals surface area contributed by atoms with Crippen LogP contribution in [-0.4, -0.2) is 30.1 Å². The summed E-state index contributed by atoms with van der Waals surface area (Å²) in [7, 11) is 0. The second-order valence-corrected chi connectivity index (χ2v) is 5.32. The molecular weight excluding hydrogens is 240 g/mol. The molecule has 0 N–H and O–H groups in total. The number of pyridine rings is 1. The molecule has 1 heterocycles. The van der Waals surface area contributed by atoms with E-state index in [1.807, 2.05) is 6.07 Å². The molecule has 1 aromatic heterocycles. The van der Waals surface area contributed by atoms with Crippen molar-refractivity contribution in [2.45, 2.75) is 39.7 Å². The Balaban J connectivity index is 2.08. The van der Waals surface area contributed by atoms with Crippen LogP contribution in [0.15, 0.2) is 18.3 Å². The zero-order valence-electron chi connectivity index (χ0n) is 11.9. The zero-order valence-corrected chi connectivity index (χ0v) is 11.9. The van der Waals surface area contributed by atoms with Crippen LogP contribution in [0, 0.1) is 5.92 Å². The molecule has 1 aliphatic carbocycles. The summed E-state index contributed by atoms with van der Waals surface area (Å²) < 4.78 is 4.96. The van der Waals surface area contributed by atoms with Crippen LogP contribution < -0.4 is 4.90 Å². The molecule has 0 radical (unpaired) electrons. The molecule has 104 valence electrons. The van der Waals surface area contributed by atoms with Gasteiger partial charge in [-0.3, -0.25) is 0 Å². The molecule has 19 heavy (non-hydrogen) atoms. The molecule has 4 heteroatoms. The minimum Gasteiger partial charge on any atom is -0.462 e. The average Bonchev–Trinajstić information content (AvgIpc) is 3.20. The molecule has 0 saturated heterocycles. The van der Waals surface area contributed by atoms with Crippen molar-refractivity contribution in [3.05, 3.63) is 23.9 Å². The van der Waals surface area contributed by atoms with E-state index < -0.39 is 0 Å². The fourth-order valence-electron chi connectivity index (χ4n) is 2.04. The first kappa shape index (κ1) is 13.8. The van der Waals surface area contributed by atoms with E-state index >= 15 is 0 Å². The summed E-state index contributed by atoms with van der Waals surface area (Å²) in [5.74, 6) is 1.45. The summed E-state index contributed by atoms with van der Waals surface area (Å²) in [5.41, 5.74) is 0.515. The Kier molecular flexibility index (Phi) is 4.40. The summed E-state index contributed by atoms with van der Waals surface area (Å²) >= 11 is 0. The molecular formula is C15H22N2O2. The maximum Gasteiger partial charge on any atom is 0.339 e. The lowest BCUT2D eigenvalue weighted by Gasteiger charge is -2.28. The Morgan fingerprint density at radius 3 is 2.68 bits per heavy atom. The Hall–Kier alpha value is -1.58. The summed E-state index contributed by atoms with van der Waals surface area (Å²) in [6.07, 6.45) is 4.25. The molecule has 0 aliphatic heterocycles. The molecule has 0 aromatic carbocycles. The maximum absolute atomic E-state index is 11.6. The molecule has 1 aliphatic rings. The van der Waals surface area contributed by atoms with Crippen LogP contribution in [0.2, 0.25) is 0 Å². The predicted molar refractivity (Wildman–Crippen MR) is 75.4 cm³/mol. The first-order chi connectivity index (χ1) is 9.11. The van der Waals surface area contributed by atoms with Crippen molar-refractivity contribution in [2.24, 2.45) is 5.92 Å². The van der Waals surface area contributed by atoms with Crippen molar-refractivity contribution in [1.82, 2.24) is 4.98 Å². The first-order valence-electron chi connectivity index (χ1n) is 7.01. The van der Waals surface area contributed by atoms with E-state index in [9.17, 15) is 4.79 Å². The van der Waals surface area contributed by atoms with Gasteiger partial charge in [0, 0.05) is 18.8 Å². The van der Waals surface area contributed by atoms with Gasteiger partial charge in [0.05, 0.1) is 12.2 Å². The fourth-order valence-corrected chi connectivity index (χ4v) is 2.04. The molecule has 0 spiro atoms. The second kappa shape index (κ2) is 6.04. The van der Waals surface area contributed by atoms with Crippen molar-refractivity contribution >= 4 is 11.8 Å². The molecule has 0 atom stereocenters. The third-order valence-corrected chi connectivity index (χ3v) is 3.33. The highest BCUT2D eigenvalue weighted by Crippen LogP contribution is 2.31. The van der Waals surface area contributed by atoms with Crippen LogP contribution in [0.1, 0.15) is 44.0 Å². The first-order valence-corrected chi connectivity index (χ1v) is 7.01. The topological polar surface area (TPSA) is 42.4 Å². The number of hydrogen-bond acceptors (Lipinski definition) is 4. The Labute approximate surface area is 114 Å². The lowest BCUT2D eigenvalue weighted by atomic mass is 10.2. The van der Waals surface area contributed by atoms with E-state index in [-0.39, 0.29) is 5.97 Å². The summed E-state index contributed by atoms with van der Waals surface area (Å²) in [5, 5.41) is 0. The molecule has 1 fully saturated rings. The van der Waals surface area contributed by atoms with Crippen LogP contribution in [0.3, 0.4) is 0 Å². The van der Waals surface area contributed by atoms with E-state index in [4.69, 9.17) is 4.74 Å². The number of aromatic nitrogens is 1. The largest absolute Gasteiger partial charge is 0.462 e. The average molecular weight is 262 g/mol. The van der Waals surface area contributed by atoms with Gasteiger partial charge in [-0.05, 0) is 51.7 Å². The van der Waals surface area contributed by atoms with Gasteiger partial charge in [-0.1, -0.05) is 0 Å². The highest BCUT2D eigenvalue weighted by atomic mass is 16.5. The van der Waals surface area contributed by atoms with Gasteiger partial charge >= 0.3 is 5.97 Å². The summed E-state index contributed by atoms with van der Waals surface area (Å²) in [6, 6.07) is 4.12. The minimum absolute atomic E-state index is 0.306. The number of anilines is 1. The lowest BCUT2D eigenvalue weighted by Crippen LogP contribution is -2.33. The smallest absolute Gasteiger partial charge is 0.339 e. The maximum atomic E-state index is 11.6. The van der Waals surface area contributed by atoms with Gasteiger partial charge in [-0.15, -0.1) is 0 Å². The third-order valence-electron chi connectivity index (χ3n) is 3.33. The quantitative estimate of drug-likeness (QED) is 0.739. The van der Waals surface area contributed by atoms with Gasteiger partial charge in [-0.25, -0.2) is 9.78 Å². The van der Waals surface area contributed by atoms with Gasteiger partial charge < -0.3 is 9.64 Å². The van der Waals surface area contributed by atoms with Crippen molar-refractivity contribution in [3.8, 4) is 0 Å². The predicted octanol–water partition coefficient (Wildman–Crippen LogP) is 2.88. The van der Waals surface area contributed by atoms with Crippen molar-refractivity contribution < 1.29 is 9.53 Å². The van der Waals surface area contributed by atoms with Crippen molar-refractivity contribution in [1.29, 1.82) is 0 Å². The molecule has 0 unspecified atom stereocenters. The zero-order chi connectivity index (χ0) is 13.8. The van der Waals surface area contributed by atoms with Gasteiger partial charge in [0.1, 0.15) is 5.82 Å². The van der Waals surface area contributed by atoms with Gasteiger partial charge in [0.2, 0.25) is 0 Å². The van der Waals surface area contributed by atoms with Crippen LogP contribution in [-0.2, 0) is 4.74 Å². The van der Waals surface area contributed by atoms with E-state index in [1.54, 1.807) is 19.2 Å². The van der Waals surface area contributed by atoms with Crippen molar-refractivity contribution in [2.75, 3.05) is 18.1 Å². The highest BCUT2D eigenvalue weighted by Gasteiger charge is 2.26. The van der Waals surface area contributed by atoms with Gasteiger partial charge in [0.15, 0.2) is 0 Å². The molecule has 1 aromatic rings. The van der Waals surface area contributed by atoms with E-state index in [0.717, 1.165) is 18.3 Å². The highest BCUT2D eigenvalue weighted by molar-refractivity contribution is 5.89. The molecule has 0 amide bonds. The Bertz CT molecular complexity index is 424. The van der Waals surface area contributed by atoms with Gasteiger partial charge in [-0.2, -0.15) is 0 Å². The van der Waals surface area contributed by atoms with Gasteiger partial charge in [0.25, 0.3) is 0 Å². The molecule has 4 nitrogen and oxygen atoms in total. The molecule has 1 saturated carbocycles. The Morgan fingerprint density at radius 2 is 2.21 bits per heavy atom.